The van der Waals surface area contributed by atoms with E-state index in [1.807, 2.05) is 36.4 Å². The fraction of sp³-hybridized carbons (Fsp3) is 0.375. The van der Waals surface area contributed by atoms with Gasteiger partial charge in [0.25, 0.3) is 0 Å². The van der Waals surface area contributed by atoms with Crippen molar-refractivity contribution in [1.29, 1.82) is 0 Å². The first-order chi connectivity index (χ1) is 10.6. The van der Waals surface area contributed by atoms with Gasteiger partial charge in [-0.15, -0.1) is 0 Å². The SMILES string of the molecule is CCOP(=O)(OCC)[C@@H](N)c1c(OC)ccc2ccccc12. The molecule has 0 spiro atoms. The monoisotopic (exact) mass is 323 g/mol. The quantitative estimate of drug-likeness (QED) is 0.778. The van der Waals surface area contributed by atoms with Crippen LogP contribution in [0.1, 0.15) is 25.2 Å². The first-order valence-electron chi connectivity index (χ1n) is 7.27. The number of hydrogen-bond acceptors (Lipinski definition) is 5. The fourth-order valence-electron chi connectivity index (χ4n) is 2.47. The number of rotatable bonds is 7. The smallest absolute Gasteiger partial charge is 0.351 e. The number of nitrogens with two attached hydrogens (primary N) is 1. The zero-order valence-electron chi connectivity index (χ0n) is 13.1. The Kier molecular flexibility index (Phi) is 5.59. The van der Waals surface area contributed by atoms with Crippen molar-refractivity contribution >= 4 is 18.4 Å². The van der Waals surface area contributed by atoms with Crippen LogP contribution in [0.4, 0.5) is 0 Å². The minimum atomic E-state index is -3.48. The molecule has 0 fully saturated rings. The second-order valence-electron chi connectivity index (χ2n) is 4.72. The van der Waals surface area contributed by atoms with Crippen LogP contribution < -0.4 is 10.5 Å². The van der Waals surface area contributed by atoms with Crippen molar-refractivity contribution < 1.29 is 18.3 Å². The van der Waals surface area contributed by atoms with Crippen molar-refractivity contribution in [2.45, 2.75) is 19.6 Å². The highest BCUT2D eigenvalue weighted by molar-refractivity contribution is 7.54. The van der Waals surface area contributed by atoms with Crippen LogP contribution in [0.5, 0.6) is 5.75 Å². The highest BCUT2D eigenvalue weighted by atomic mass is 31.2. The average Bonchev–Trinajstić information content (AvgIpc) is 2.53. The second kappa shape index (κ2) is 7.25. The molecule has 0 aliphatic heterocycles. The maximum absolute atomic E-state index is 13.0. The summed E-state index contributed by atoms with van der Waals surface area (Å²) >= 11 is 0. The number of fused-ring (bicyclic) bond motifs is 1. The maximum Gasteiger partial charge on any atom is 0.351 e. The molecular weight excluding hydrogens is 301 g/mol. The number of benzene rings is 2. The van der Waals surface area contributed by atoms with Crippen LogP contribution in [0.3, 0.4) is 0 Å². The lowest BCUT2D eigenvalue weighted by Gasteiger charge is -2.25. The molecule has 2 N–H and O–H groups in total. The number of ether oxygens (including phenoxy) is 1. The van der Waals surface area contributed by atoms with Gasteiger partial charge in [0, 0.05) is 5.56 Å². The topological polar surface area (TPSA) is 70.8 Å². The van der Waals surface area contributed by atoms with Crippen LogP contribution in [-0.2, 0) is 13.6 Å². The molecule has 0 saturated heterocycles. The molecule has 2 aromatic rings. The van der Waals surface area contributed by atoms with Crippen LogP contribution >= 0.6 is 7.60 Å². The molecule has 6 heteroatoms. The lowest BCUT2D eigenvalue weighted by Crippen LogP contribution is -2.16. The third kappa shape index (κ3) is 3.18. The standard InChI is InChI=1S/C16H22NO4P/c1-4-20-22(18,21-5-2)16(17)15-13-9-7-6-8-12(13)10-11-14(15)19-3/h6-11,16H,4-5,17H2,1-3H3/t16-/m1/s1. The van der Waals surface area contributed by atoms with E-state index in [-0.39, 0.29) is 13.2 Å². The Balaban J connectivity index is 2.63. The van der Waals surface area contributed by atoms with Crippen LogP contribution in [0, 0.1) is 0 Å². The molecule has 0 amide bonds. The van der Waals surface area contributed by atoms with Gasteiger partial charge in [-0.3, -0.25) is 4.57 Å². The van der Waals surface area contributed by atoms with E-state index in [1.165, 1.54) is 0 Å². The summed E-state index contributed by atoms with van der Waals surface area (Å²) in [7, 11) is -1.92. The lowest BCUT2D eigenvalue weighted by molar-refractivity contribution is 0.212. The van der Waals surface area contributed by atoms with Gasteiger partial charge in [0.05, 0.1) is 20.3 Å². The van der Waals surface area contributed by atoms with E-state index in [1.54, 1.807) is 21.0 Å². The van der Waals surface area contributed by atoms with Gasteiger partial charge in [-0.1, -0.05) is 30.3 Å². The van der Waals surface area contributed by atoms with E-state index in [9.17, 15) is 4.57 Å². The zero-order valence-corrected chi connectivity index (χ0v) is 14.0. The summed E-state index contributed by atoms with van der Waals surface area (Å²) < 4.78 is 29.2. The summed E-state index contributed by atoms with van der Waals surface area (Å²) in [4.78, 5) is 0. The van der Waals surface area contributed by atoms with Gasteiger partial charge in [-0.05, 0) is 30.7 Å². The van der Waals surface area contributed by atoms with Gasteiger partial charge < -0.3 is 19.5 Å². The molecule has 0 heterocycles. The largest absolute Gasteiger partial charge is 0.496 e. The number of methoxy groups -OCH3 is 1. The zero-order chi connectivity index (χ0) is 16.2. The van der Waals surface area contributed by atoms with Crippen LogP contribution in [0.25, 0.3) is 10.8 Å². The second-order valence-corrected chi connectivity index (χ2v) is 6.88. The molecular formula is C16H22NO4P. The summed E-state index contributed by atoms with van der Waals surface area (Å²) in [5.41, 5.74) is 6.94. The Morgan fingerprint density at radius 2 is 1.73 bits per heavy atom. The van der Waals surface area contributed by atoms with Crippen molar-refractivity contribution in [3.8, 4) is 5.75 Å². The molecule has 0 bridgehead atoms. The third-order valence-electron chi connectivity index (χ3n) is 3.41. The van der Waals surface area contributed by atoms with Crippen molar-refractivity contribution in [2.24, 2.45) is 5.73 Å². The fourth-order valence-corrected chi connectivity index (χ4v) is 4.17. The molecule has 0 aliphatic carbocycles. The molecule has 0 unspecified atom stereocenters. The van der Waals surface area contributed by atoms with Gasteiger partial charge >= 0.3 is 7.60 Å². The van der Waals surface area contributed by atoms with Crippen LogP contribution in [0.15, 0.2) is 36.4 Å². The minimum absolute atomic E-state index is 0.262. The normalized spacial score (nSPS) is 13.3. The van der Waals surface area contributed by atoms with E-state index >= 15 is 0 Å². The Labute approximate surface area is 130 Å². The predicted octanol–water partition coefficient (Wildman–Crippen LogP) is 4.07. The van der Waals surface area contributed by atoms with Gasteiger partial charge in [0.1, 0.15) is 11.5 Å². The van der Waals surface area contributed by atoms with Crippen molar-refractivity contribution in [1.82, 2.24) is 0 Å². The average molecular weight is 323 g/mol. The molecule has 120 valence electrons. The predicted molar refractivity (Wildman–Crippen MR) is 88.3 cm³/mol. The highest BCUT2D eigenvalue weighted by Gasteiger charge is 2.36. The summed E-state index contributed by atoms with van der Waals surface area (Å²) in [5.74, 6) is -0.334. The lowest BCUT2D eigenvalue weighted by atomic mass is 10.0. The Hall–Kier alpha value is -1.39. The Morgan fingerprint density at radius 1 is 1.09 bits per heavy atom. The number of hydrogen-bond donors (Lipinski definition) is 1. The molecule has 1 atom stereocenters. The minimum Gasteiger partial charge on any atom is -0.496 e. The summed E-state index contributed by atoms with van der Waals surface area (Å²) in [6.07, 6.45) is 0. The summed E-state index contributed by atoms with van der Waals surface area (Å²) in [5, 5.41) is 1.88. The van der Waals surface area contributed by atoms with E-state index < -0.39 is 13.4 Å². The summed E-state index contributed by atoms with van der Waals surface area (Å²) in [6, 6.07) is 11.5. The molecule has 22 heavy (non-hydrogen) atoms. The molecule has 2 aromatic carbocycles. The molecule has 0 aliphatic rings. The van der Waals surface area contributed by atoms with Gasteiger partial charge in [0.15, 0.2) is 0 Å². The van der Waals surface area contributed by atoms with Gasteiger partial charge in [-0.25, -0.2) is 0 Å². The maximum atomic E-state index is 13.0. The van der Waals surface area contributed by atoms with Crippen molar-refractivity contribution in [3.05, 3.63) is 42.0 Å². The van der Waals surface area contributed by atoms with E-state index in [0.29, 0.717) is 11.3 Å². The third-order valence-corrected chi connectivity index (χ3v) is 5.58. The highest BCUT2D eigenvalue weighted by Crippen LogP contribution is 2.60. The van der Waals surface area contributed by atoms with Gasteiger partial charge in [0.2, 0.25) is 0 Å². The molecule has 5 nitrogen and oxygen atoms in total. The molecule has 0 saturated carbocycles. The van der Waals surface area contributed by atoms with E-state index in [4.69, 9.17) is 19.5 Å². The van der Waals surface area contributed by atoms with Crippen molar-refractivity contribution in [3.63, 3.8) is 0 Å². The molecule has 0 radical (unpaired) electrons. The molecule has 2 rings (SSSR count). The van der Waals surface area contributed by atoms with Crippen molar-refractivity contribution in [2.75, 3.05) is 20.3 Å². The first kappa shape index (κ1) is 17.0. The van der Waals surface area contributed by atoms with Crippen LogP contribution in [0.2, 0.25) is 0 Å². The van der Waals surface area contributed by atoms with E-state index in [0.717, 1.165) is 10.8 Å². The molecule has 0 aromatic heterocycles. The van der Waals surface area contributed by atoms with E-state index in [2.05, 4.69) is 0 Å². The Morgan fingerprint density at radius 3 is 2.32 bits per heavy atom. The van der Waals surface area contributed by atoms with Crippen LogP contribution in [-0.4, -0.2) is 20.3 Å². The van der Waals surface area contributed by atoms with Gasteiger partial charge in [-0.2, -0.15) is 0 Å². The Bertz CT molecular complexity index is 679. The first-order valence-corrected chi connectivity index (χ1v) is 8.88. The summed E-state index contributed by atoms with van der Waals surface area (Å²) in [6.45, 7) is 4.05.